The van der Waals surface area contributed by atoms with Crippen LogP contribution in [0.2, 0.25) is 0 Å². The molecule has 1 unspecified atom stereocenters. The van der Waals surface area contributed by atoms with Crippen LogP contribution in [0.4, 0.5) is 0 Å². The van der Waals surface area contributed by atoms with Crippen LogP contribution in [-0.4, -0.2) is 29.0 Å². The number of hydrogen-bond donors (Lipinski definition) is 1. The molecule has 0 aliphatic heterocycles. The second kappa shape index (κ2) is 2.19. The summed E-state index contributed by atoms with van der Waals surface area (Å²) in [6.45, 7) is 0. The van der Waals surface area contributed by atoms with Gasteiger partial charge < -0.3 is 0 Å². The predicted molar refractivity (Wildman–Crippen MR) is 27.8 cm³/mol. The van der Waals surface area contributed by atoms with Gasteiger partial charge in [-0.1, -0.05) is 5.10 Å². The molecule has 1 N–H and O–H groups in total. The van der Waals surface area contributed by atoms with E-state index in [9.17, 15) is 4.21 Å². The Hall–Kier alpha value is -0.820. The topological polar surface area (TPSA) is 80.9 Å². The van der Waals surface area contributed by atoms with Gasteiger partial charge in [0.05, 0.1) is 0 Å². The molecule has 9 heavy (non-hydrogen) atoms. The number of tetrazole rings is 1. The Kier molecular flexibility index (Phi) is 1.54. The van der Waals surface area contributed by atoms with E-state index in [1.807, 2.05) is 0 Å². The lowest BCUT2D eigenvalue weighted by Crippen LogP contribution is -2.00. The first kappa shape index (κ1) is 6.30. The SMILES string of the molecule is Cn1nnnc1S(=O)O. The van der Waals surface area contributed by atoms with Crippen LogP contribution in [0.1, 0.15) is 0 Å². The van der Waals surface area contributed by atoms with Crippen LogP contribution in [-0.2, 0) is 18.1 Å². The van der Waals surface area contributed by atoms with E-state index in [4.69, 9.17) is 4.55 Å². The number of rotatable bonds is 1. The second-order valence-corrected chi connectivity index (χ2v) is 2.20. The maximum atomic E-state index is 10.2. The molecule has 0 bridgehead atoms. The third-order valence-corrected chi connectivity index (χ3v) is 1.40. The van der Waals surface area contributed by atoms with Gasteiger partial charge in [-0.2, -0.15) is 0 Å². The molecule has 7 heteroatoms. The lowest BCUT2D eigenvalue weighted by molar-refractivity contribution is 0.540. The average Bonchev–Trinajstić information content (AvgIpc) is 2.13. The Morgan fingerprint density at radius 2 is 2.44 bits per heavy atom. The monoisotopic (exact) mass is 148 g/mol. The van der Waals surface area contributed by atoms with Crippen molar-refractivity contribution in [1.29, 1.82) is 0 Å². The average molecular weight is 148 g/mol. The summed E-state index contributed by atoms with van der Waals surface area (Å²) in [5, 5.41) is 9.71. The summed E-state index contributed by atoms with van der Waals surface area (Å²) in [6, 6.07) is 0. The van der Waals surface area contributed by atoms with Crippen LogP contribution in [0, 0.1) is 0 Å². The second-order valence-electron chi connectivity index (χ2n) is 1.33. The third-order valence-electron chi connectivity index (χ3n) is 0.737. The number of hydrogen-bond acceptors (Lipinski definition) is 4. The van der Waals surface area contributed by atoms with Crippen molar-refractivity contribution in [3.05, 3.63) is 0 Å². The summed E-state index contributed by atoms with van der Waals surface area (Å²) in [5.41, 5.74) is 0. The van der Waals surface area contributed by atoms with E-state index in [1.165, 1.54) is 7.05 Å². The van der Waals surface area contributed by atoms with E-state index in [0.717, 1.165) is 4.68 Å². The Morgan fingerprint density at radius 3 is 2.67 bits per heavy atom. The van der Waals surface area contributed by atoms with Gasteiger partial charge in [-0.05, 0) is 10.4 Å². The van der Waals surface area contributed by atoms with E-state index in [-0.39, 0.29) is 5.16 Å². The molecule has 0 fully saturated rings. The highest BCUT2D eigenvalue weighted by molar-refractivity contribution is 7.79. The van der Waals surface area contributed by atoms with Gasteiger partial charge in [0.25, 0.3) is 5.16 Å². The molecular formula is C2H4N4O2S. The Bertz CT molecular complexity index is 232. The quantitative estimate of drug-likeness (QED) is 0.505. The highest BCUT2D eigenvalue weighted by atomic mass is 32.2. The number of nitrogens with zero attached hydrogens (tertiary/aromatic N) is 4. The van der Waals surface area contributed by atoms with Gasteiger partial charge in [0.15, 0.2) is 0 Å². The van der Waals surface area contributed by atoms with Crippen LogP contribution in [0.15, 0.2) is 5.16 Å². The van der Waals surface area contributed by atoms with E-state index in [2.05, 4.69) is 15.5 Å². The van der Waals surface area contributed by atoms with Gasteiger partial charge in [0, 0.05) is 7.05 Å². The molecule has 1 aromatic heterocycles. The Morgan fingerprint density at radius 1 is 1.78 bits per heavy atom. The van der Waals surface area contributed by atoms with Crippen LogP contribution in [0.5, 0.6) is 0 Å². The minimum atomic E-state index is -2.08. The fraction of sp³-hybridized carbons (Fsp3) is 0.500. The molecule has 6 nitrogen and oxygen atoms in total. The maximum absolute atomic E-state index is 10.2. The predicted octanol–water partition coefficient (Wildman–Crippen LogP) is -1.21. The highest BCUT2D eigenvalue weighted by Gasteiger charge is 2.06. The summed E-state index contributed by atoms with van der Waals surface area (Å²) >= 11 is -2.08. The summed E-state index contributed by atoms with van der Waals surface area (Å²) in [4.78, 5) is 0. The van der Waals surface area contributed by atoms with Gasteiger partial charge in [0.2, 0.25) is 11.1 Å². The summed E-state index contributed by atoms with van der Waals surface area (Å²) in [6.07, 6.45) is 0. The van der Waals surface area contributed by atoms with E-state index >= 15 is 0 Å². The van der Waals surface area contributed by atoms with Crippen LogP contribution >= 0.6 is 0 Å². The first-order valence-corrected chi connectivity index (χ1v) is 3.15. The van der Waals surface area contributed by atoms with Crippen LogP contribution < -0.4 is 0 Å². The molecule has 0 saturated carbocycles. The van der Waals surface area contributed by atoms with Crippen molar-refractivity contribution in [1.82, 2.24) is 20.2 Å². The van der Waals surface area contributed by atoms with Crippen molar-refractivity contribution < 1.29 is 8.76 Å². The fourth-order valence-electron chi connectivity index (χ4n) is 0.369. The van der Waals surface area contributed by atoms with Crippen LogP contribution in [0.3, 0.4) is 0 Å². The molecule has 1 rings (SSSR count). The standard InChI is InChI=1S/C2H4N4O2S/c1-6-2(9(7)8)3-4-5-6/h1H3,(H,7,8). The van der Waals surface area contributed by atoms with Gasteiger partial charge in [-0.15, -0.1) is 0 Å². The molecule has 1 aromatic rings. The van der Waals surface area contributed by atoms with Crippen molar-refractivity contribution in [3.8, 4) is 0 Å². The van der Waals surface area contributed by atoms with Gasteiger partial charge in [0.1, 0.15) is 0 Å². The van der Waals surface area contributed by atoms with Crippen molar-refractivity contribution in [3.63, 3.8) is 0 Å². The minimum Gasteiger partial charge on any atom is -0.300 e. The smallest absolute Gasteiger partial charge is 0.267 e. The third kappa shape index (κ3) is 1.11. The molecule has 0 aromatic carbocycles. The summed E-state index contributed by atoms with van der Waals surface area (Å²) < 4.78 is 19.8. The van der Waals surface area contributed by atoms with Crippen molar-refractivity contribution in [2.45, 2.75) is 5.16 Å². The first-order valence-electron chi connectivity index (χ1n) is 2.05. The van der Waals surface area contributed by atoms with E-state index in [0.29, 0.717) is 0 Å². The normalized spacial score (nSPS) is 13.6. The molecule has 0 amide bonds. The first-order chi connectivity index (χ1) is 4.22. The van der Waals surface area contributed by atoms with Gasteiger partial charge >= 0.3 is 0 Å². The molecule has 0 saturated heterocycles. The molecular weight excluding hydrogens is 144 g/mol. The molecule has 0 spiro atoms. The summed E-state index contributed by atoms with van der Waals surface area (Å²) in [5.74, 6) is 0. The number of aryl methyl sites for hydroxylation is 1. The van der Waals surface area contributed by atoms with Crippen molar-refractivity contribution in [2.24, 2.45) is 7.05 Å². The van der Waals surface area contributed by atoms with Gasteiger partial charge in [-0.3, -0.25) is 4.55 Å². The zero-order valence-corrected chi connectivity index (χ0v) is 5.37. The van der Waals surface area contributed by atoms with E-state index in [1.54, 1.807) is 0 Å². The van der Waals surface area contributed by atoms with Crippen LogP contribution in [0.25, 0.3) is 0 Å². The zero-order valence-electron chi connectivity index (χ0n) is 4.55. The molecule has 50 valence electrons. The number of aromatic nitrogens is 4. The largest absolute Gasteiger partial charge is 0.300 e. The molecule has 1 atom stereocenters. The Labute approximate surface area is 53.2 Å². The van der Waals surface area contributed by atoms with E-state index < -0.39 is 11.1 Å². The lowest BCUT2D eigenvalue weighted by atomic mass is 11.2. The fourth-order valence-corrected chi connectivity index (χ4v) is 0.738. The maximum Gasteiger partial charge on any atom is 0.267 e. The van der Waals surface area contributed by atoms with Crippen molar-refractivity contribution >= 4 is 11.1 Å². The van der Waals surface area contributed by atoms with Gasteiger partial charge in [-0.25, -0.2) is 8.89 Å². The highest BCUT2D eigenvalue weighted by Crippen LogP contribution is 1.91. The molecule has 0 aliphatic rings. The molecule has 1 heterocycles. The zero-order chi connectivity index (χ0) is 6.85. The molecule has 0 aliphatic carbocycles. The summed E-state index contributed by atoms with van der Waals surface area (Å²) in [7, 11) is 1.49. The lowest BCUT2D eigenvalue weighted by Gasteiger charge is -1.86. The molecule has 0 radical (unpaired) electrons. The minimum absolute atomic E-state index is 0.0463. The Balaban J connectivity index is 3.08. The van der Waals surface area contributed by atoms with Crippen molar-refractivity contribution in [2.75, 3.05) is 0 Å².